The van der Waals surface area contributed by atoms with Gasteiger partial charge in [0.15, 0.2) is 0 Å². The Balaban J connectivity index is 2.55. The first-order chi connectivity index (χ1) is 7.31. The lowest BCUT2D eigenvalue weighted by Crippen LogP contribution is -2.45. The summed E-state index contributed by atoms with van der Waals surface area (Å²) < 4.78 is 5.14. The van der Waals surface area contributed by atoms with Crippen molar-refractivity contribution in [1.82, 2.24) is 5.06 Å². The van der Waals surface area contributed by atoms with Gasteiger partial charge in [-0.15, -0.1) is 0 Å². The minimum atomic E-state index is -0.633. The summed E-state index contributed by atoms with van der Waals surface area (Å²) in [6.45, 7) is 7.45. The third kappa shape index (κ3) is 3.67. The Morgan fingerprint density at radius 2 is 1.88 bits per heavy atom. The van der Waals surface area contributed by atoms with E-state index in [1.54, 1.807) is 20.8 Å². The van der Waals surface area contributed by atoms with E-state index in [4.69, 9.17) is 4.74 Å². The highest BCUT2D eigenvalue weighted by molar-refractivity contribution is 5.67. The van der Waals surface area contributed by atoms with E-state index in [1.165, 1.54) is 6.42 Å². The number of nitrogens with zero attached hydrogens (tertiary/aromatic N) is 1. The molecule has 1 rings (SSSR count). The number of rotatable bonds is 1. The van der Waals surface area contributed by atoms with Gasteiger partial charge in [0.1, 0.15) is 5.60 Å². The first-order valence-electron chi connectivity index (χ1n) is 6.02. The summed E-state index contributed by atoms with van der Waals surface area (Å²) in [7, 11) is 0. The molecule has 0 spiro atoms. The largest absolute Gasteiger partial charge is 0.442 e. The highest BCUT2D eigenvalue weighted by Gasteiger charge is 2.32. The quantitative estimate of drug-likeness (QED) is 0.555. The Hall–Kier alpha value is -0.770. The zero-order valence-electron chi connectivity index (χ0n) is 10.7. The molecule has 0 bridgehead atoms. The molecule has 0 aromatic heterocycles. The number of hydrogen-bond acceptors (Lipinski definition) is 3. The van der Waals surface area contributed by atoms with Gasteiger partial charge >= 0.3 is 6.09 Å². The number of ether oxygens (including phenoxy) is 1. The fourth-order valence-corrected chi connectivity index (χ4v) is 2.10. The predicted molar refractivity (Wildman–Crippen MR) is 61.3 cm³/mol. The Labute approximate surface area is 97.5 Å². The molecule has 1 amide bonds. The van der Waals surface area contributed by atoms with Crippen LogP contribution >= 0.6 is 0 Å². The summed E-state index contributed by atoms with van der Waals surface area (Å²) in [5.41, 5.74) is -0.560. The fraction of sp³-hybridized carbons (Fsp3) is 0.917. The highest BCUT2D eigenvalue weighted by Crippen LogP contribution is 2.28. The van der Waals surface area contributed by atoms with Crippen molar-refractivity contribution in [3.63, 3.8) is 0 Å². The second-order valence-corrected chi connectivity index (χ2v) is 5.65. The maximum atomic E-state index is 11.7. The van der Waals surface area contributed by atoms with Crippen LogP contribution in [0, 0.1) is 5.92 Å². The average Bonchev–Trinajstić information content (AvgIpc) is 2.15. The summed E-state index contributed by atoms with van der Waals surface area (Å²) in [4.78, 5) is 11.7. The molecule has 1 aliphatic rings. The third-order valence-corrected chi connectivity index (χ3v) is 2.96. The Bertz CT molecular complexity index is 247. The first-order valence-corrected chi connectivity index (χ1v) is 6.02. The van der Waals surface area contributed by atoms with Gasteiger partial charge in [-0.2, -0.15) is 5.06 Å². The van der Waals surface area contributed by atoms with Crippen LogP contribution in [-0.2, 0) is 4.74 Å². The zero-order chi connectivity index (χ0) is 12.3. The molecule has 2 atom stereocenters. The van der Waals surface area contributed by atoms with Crippen molar-refractivity contribution in [1.29, 1.82) is 0 Å². The lowest BCUT2D eigenvalue weighted by molar-refractivity contribution is -0.136. The fourth-order valence-electron chi connectivity index (χ4n) is 2.10. The lowest BCUT2D eigenvalue weighted by Gasteiger charge is -2.35. The van der Waals surface area contributed by atoms with Crippen molar-refractivity contribution >= 4 is 6.09 Å². The molecule has 94 valence electrons. The molecule has 0 aliphatic heterocycles. The van der Waals surface area contributed by atoms with Crippen LogP contribution in [0.15, 0.2) is 0 Å². The molecule has 4 heteroatoms. The average molecular weight is 229 g/mol. The minimum absolute atomic E-state index is 0.0939. The summed E-state index contributed by atoms with van der Waals surface area (Å²) in [6.07, 6.45) is 3.53. The summed E-state index contributed by atoms with van der Waals surface area (Å²) >= 11 is 0. The molecular weight excluding hydrogens is 206 g/mol. The molecule has 2 unspecified atom stereocenters. The molecule has 1 saturated carbocycles. The number of carbonyl (C=O) groups is 1. The Morgan fingerprint density at radius 1 is 1.31 bits per heavy atom. The van der Waals surface area contributed by atoms with Crippen molar-refractivity contribution in [3.8, 4) is 0 Å². The van der Waals surface area contributed by atoms with Crippen molar-refractivity contribution in [2.75, 3.05) is 0 Å². The van der Waals surface area contributed by atoms with Crippen molar-refractivity contribution in [3.05, 3.63) is 0 Å². The molecule has 0 saturated heterocycles. The van der Waals surface area contributed by atoms with Gasteiger partial charge in [-0.05, 0) is 39.5 Å². The van der Waals surface area contributed by atoms with Crippen LogP contribution in [0.1, 0.15) is 53.4 Å². The van der Waals surface area contributed by atoms with E-state index in [0.717, 1.165) is 24.3 Å². The summed E-state index contributed by atoms with van der Waals surface area (Å²) in [5, 5.41) is 10.6. The van der Waals surface area contributed by atoms with Crippen LogP contribution < -0.4 is 0 Å². The second kappa shape index (κ2) is 5.04. The molecule has 16 heavy (non-hydrogen) atoms. The number of amides is 1. The maximum Gasteiger partial charge on any atom is 0.434 e. The van der Waals surface area contributed by atoms with Gasteiger partial charge in [-0.3, -0.25) is 5.21 Å². The van der Waals surface area contributed by atoms with Gasteiger partial charge in [0.05, 0.1) is 6.04 Å². The van der Waals surface area contributed by atoms with Gasteiger partial charge < -0.3 is 4.74 Å². The van der Waals surface area contributed by atoms with Gasteiger partial charge in [0.25, 0.3) is 0 Å². The third-order valence-electron chi connectivity index (χ3n) is 2.96. The van der Waals surface area contributed by atoms with E-state index in [2.05, 4.69) is 6.92 Å². The van der Waals surface area contributed by atoms with Crippen molar-refractivity contribution in [2.24, 2.45) is 5.92 Å². The summed E-state index contributed by atoms with van der Waals surface area (Å²) in [5.74, 6) is 0.339. The van der Waals surface area contributed by atoms with E-state index in [9.17, 15) is 10.0 Å². The Morgan fingerprint density at radius 3 is 2.38 bits per heavy atom. The molecule has 0 heterocycles. The van der Waals surface area contributed by atoms with Gasteiger partial charge in [-0.25, -0.2) is 4.79 Å². The molecule has 1 aliphatic carbocycles. The van der Waals surface area contributed by atoms with Gasteiger partial charge in [0.2, 0.25) is 0 Å². The van der Waals surface area contributed by atoms with Crippen molar-refractivity contribution < 1.29 is 14.7 Å². The van der Waals surface area contributed by atoms with Crippen LogP contribution in [0.25, 0.3) is 0 Å². The molecule has 0 aromatic rings. The number of carbonyl (C=O) groups excluding carboxylic acids is 1. The number of hydrogen-bond donors (Lipinski definition) is 1. The monoisotopic (exact) mass is 229 g/mol. The standard InChI is InChI=1S/C12H23NO3/c1-9-7-5-6-8-10(9)13(15)11(14)16-12(2,3)4/h9-10,15H,5-8H2,1-4H3. The Kier molecular flexibility index (Phi) is 4.19. The van der Waals surface area contributed by atoms with Gasteiger partial charge in [-0.1, -0.05) is 19.8 Å². The predicted octanol–water partition coefficient (Wildman–Crippen LogP) is 3.19. The smallest absolute Gasteiger partial charge is 0.434 e. The molecule has 1 fully saturated rings. The van der Waals surface area contributed by atoms with E-state index >= 15 is 0 Å². The van der Waals surface area contributed by atoms with E-state index in [-0.39, 0.29) is 6.04 Å². The highest BCUT2D eigenvalue weighted by atomic mass is 16.6. The topological polar surface area (TPSA) is 49.8 Å². The van der Waals surface area contributed by atoms with Crippen LogP contribution in [-0.4, -0.2) is 28.0 Å². The number of hydroxylamine groups is 2. The van der Waals surface area contributed by atoms with Crippen LogP contribution in [0.4, 0.5) is 4.79 Å². The van der Waals surface area contributed by atoms with Gasteiger partial charge in [0, 0.05) is 0 Å². The van der Waals surface area contributed by atoms with Crippen LogP contribution in [0.3, 0.4) is 0 Å². The molecule has 1 N–H and O–H groups in total. The molecular formula is C12H23NO3. The van der Waals surface area contributed by atoms with Crippen LogP contribution in [0.5, 0.6) is 0 Å². The summed E-state index contributed by atoms with van der Waals surface area (Å²) in [6, 6.07) is -0.0939. The second-order valence-electron chi connectivity index (χ2n) is 5.65. The lowest BCUT2D eigenvalue weighted by atomic mass is 9.86. The van der Waals surface area contributed by atoms with E-state index < -0.39 is 11.7 Å². The molecule has 0 radical (unpaired) electrons. The van der Waals surface area contributed by atoms with E-state index in [0.29, 0.717) is 5.92 Å². The normalized spacial score (nSPS) is 26.3. The first kappa shape index (κ1) is 13.3. The zero-order valence-corrected chi connectivity index (χ0v) is 10.7. The van der Waals surface area contributed by atoms with Crippen molar-refractivity contribution in [2.45, 2.75) is 65.0 Å². The van der Waals surface area contributed by atoms with Crippen LogP contribution in [0.2, 0.25) is 0 Å². The SMILES string of the molecule is CC1CCCCC1N(O)C(=O)OC(C)(C)C. The maximum absolute atomic E-state index is 11.7. The molecule has 4 nitrogen and oxygen atoms in total. The molecule has 0 aromatic carbocycles. The minimum Gasteiger partial charge on any atom is -0.442 e. The van der Waals surface area contributed by atoms with E-state index in [1.807, 2.05) is 0 Å².